The van der Waals surface area contributed by atoms with Gasteiger partial charge < -0.3 is 4.74 Å². The van der Waals surface area contributed by atoms with E-state index in [0.29, 0.717) is 0 Å². The highest BCUT2D eigenvalue weighted by molar-refractivity contribution is 9.10. The van der Waals surface area contributed by atoms with Crippen LogP contribution in [0.25, 0.3) is 0 Å². The lowest BCUT2D eigenvalue weighted by molar-refractivity contribution is 0.460. The van der Waals surface area contributed by atoms with E-state index in [1.807, 2.05) is 24.3 Å². The summed E-state index contributed by atoms with van der Waals surface area (Å²) in [5.41, 5.74) is 2.44. The van der Waals surface area contributed by atoms with E-state index in [-0.39, 0.29) is 0 Å². The van der Waals surface area contributed by atoms with E-state index >= 15 is 0 Å². The Bertz CT molecular complexity index is 514. The quantitative estimate of drug-likeness (QED) is 0.565. The summed E-state index contributed by atoms with van der Waals surface area (Å²) in [6.45, 7) is 0. The lowest BCUT2D eigenvalue weighted by Gasteiger charge is -2.20. The van der Waals surface area contributed by atoms with Crippen LogP contribution in [0.5, 0.6) is 11.5 Å². The van der Waals surface area contributed by atoms with Crippen LogP contribution in [0.4, 0.5) is 0 Å². The highest BCUT2D eigenvalue weighted by Crippen LogP contribution is 2.38. The second-order valence-electron chi connectivity index (χ2n) is 3.78. The maximum Gasteiger partial charge on any atom is 0.131 e. The molecule has 0 unspecified atom stereocenters. The van der Waals surface area contributed by atoms with Gasteiger partial charge in [0.25, 0.3) is 0 Å². The van der Waals surface area contributed by atoms with E-state index in [4.69, 9.17) is 4.74 Å². The third-order valence-corrected chi connectivity index (χ3v) is 3.63. The van der Waals surface area contributed by atoms with E-state index in [9.17, 15) is 0 Å². The molecule has 1 nitrogen and oxygen atoms in total. The molecule has 0 saturated carbocycles. The molecule has 1 aliphatic rings. The summed E-state index contributed by atoms with van der Waals surface area (Å²) >= 11 is 6.96. The Morgan fingerprint density at radius 1 is 0.812 bits per heavy atom. The Labute approximate surface area is 111 Å². The SMILES string of the molecule is Brc1ccc2c(c1)Cc1cc(Br)ccc1O2. The fourth-order valence-corrected chi connectivity index (χ4v) is 2.71. The zero-order valence-corrected chi connectivity index (χ0v) is 11.5. The minimum atomic E-state index is 0.920. The lowest BCUT2D eigenvalue weighted by Crippen LogP contribution is -2.02. The maximum absolute atomic E-state index is 5.85. The molecule has 0 aromatic heterocycles. The molecule has 2 aromatic rings. The fraction of sp³-hybridized carbons (Fsp3) is 0.0769. The van der Waals surface area contributed by atoms with Crippen LogP contribution in [0.15, 0.2) is 45.3 Å². The summed E-state index contributed by atoms with van der Waals surface area (Å²) in [5.74, 6) is 1.91. The van der Waals surface area contributed by atoms with Crippen molar-refractivity contribution in [1.82, 2.24) is 0 Å². The Morgan fingerprint density at radius 3 is 1.81 bits per heavy atom. The monoisotopic (exact) mass is 338 g/mol. The number of rotatable bonds is 0. The Kier molecular flexibility index (Phi) is 2.52. The van der Waals surface area contributed by atoms with Crippen LogP contribution in [0.3, 0.4) is 0 Å². The van der Waals surface area contributed by atoms with Crippen molar-refractivity contribution in [2.24, 2.45) is 0 Å². The topological polar surface area (TPSA) is 9.23 Å². The number of hydrogen-bond donors (Lipinski definition) is 0. The van der Waals surface area contributed by atoms with Crippen molar-refractivity contribution in [1.29, 1.82) is 0 Å². The minimum absolute atomic E-state index is 0.920. The molecule has 0 spiro atoms. The van der Waals surface area contributed by atoms with E-state index in [0.717, 1.165) is 26.9 Å². The van der Waals surface area contributed by atoms with Crippen molar-refractivity contribution in [2.45, 2.75) is 6.42 Å². The first-order chi connectivity index (χ1) is 7.72. The summed E-state index contributed by atoms with van der Waals surface area (Å²) in [7, 11) is 0. The average molecular weight is 340 g/mol. The molecular formula is C13H8Br2O. The first-order valence-electron chi connectivity index (χ1n) is 4.97. The second kappa shape index (κ2) is 3.90. The molecule has 16 heavy (non-hydrogen) atoms. The molecule has 0 atom stereocenters. The van der Waals surface area contributed by atoms with Gasteiger partial charge in [-0.1, -0.05) is 31.9 Å². The summed E-state index contributed by atoms with van der Waals surface area (Å²) in [4.78, 5) is 0. The minimum Gasteiger partial charge on any atom is -0.457 e. The fourth-order valence-electron chi connectivity index (χ4n) is 1.90. The van der Waals surface area contributed by atoms with Gasteiger partial charge >= 0.3 is 0 Å². The number of ether oxygens (including phenoxy) is 1. The van der Waals surface area contributed by atoms with Gasteiger partial charge in [-0.05, 0) is 36.4 Å². The third-order valence-electron chi connectivity index (χ3n) is 2.65. The normalized spacial score (nSPS) is 12.6. The predicted molar refractivity (Wildman–Crippen MR) is 71.2 cm³/mol. The molecule has 0 radical (unpaired) electrons. The number of benzene rings is 2. The second-order valence-corrected chi connectivity index (χ2v) is 5.61. The standard InChI is InChI=1S/C13H8Br2O/c14-10-1-3-12-8(6-10)5-9-7-11(15)2-4-13(9)16-12/h1-4,6-7H,5H2. The van der Waals surface area contributed by atoms with Crippen molar-refractivity contribution in [3.8, 4) is 11.5 Å². The summed E-state index contributed by atoms with van der Waals surface area (Å²) in [6, 6.07) is 12.2. The van der Waals surface area contributed by atoms with Crippen LogP contribution >= 0.6 is 31.9 Å². The zero-order chi connectivity index (χ0) is 11.1. The Hall–Kier alpha value is -0.800. The molecule has 0 amide bonds. The van der Waals surface area contributed by atoms with Crippen molar-refractivity contribution in [3.63, 3.8) is 0 Å². The summed E-state index contributed by atoms with van der Waals surface area (Å²) < 4.78 is 8.03. The van der Waals surface area contributed by atoms with Gasteiger partial charge in [-0.3, -0.25) is 0 Å². The van der Waals surface area contributed by atoms with E-state index < -0.39 is 0 Å². The van der Waals surface area contributed by atoms with Gasteiger partial charge in [0.15, 0.2) is 0 Å². The number of fused-ring (bicyclic) bond motifs is 2. The molecule has 0 fully saturated rings. The zero-order valence-electron chi connectivity index (χ0n) is 8.34. The van der Waals surface area contributed by atoms with Gasteiger partial charge in [-0.25, -0.2) is 0 Å². The molecule has 0 bridgehead atoms. The van der Waals surface area contributed by atoms with Gasteiger partial charge in [-0.15, -0.1) is 0 Å². The Balaban J connectivity index is 2.10. The predicted octanol–water partition coefficient (Wildman–Crippen LogP) is 4.91. The maximum atomic E-state index is 5.85. The molecule has 80 valence electrons. The molecule has 1 heterocycles. The van der Waals surface area contributed by atoms with Crippen molar-refractivity contribution < 1.29 is 4.74 Å². The van der Waals surface area contributed by atoms with Gasteiger partial charge in [-0.2, -0.15) is 0 Å². The van der Waals surface area contributed by atoms with Gasteiger partial charge in [0.1, 0.15) is 11.5 Å². The van der Waals surface area contributed by atoms with E-state index in [1.54, 1.807) is 0 Å². The molecular weight excluding hydrogens is 332 g/mol. The first-order valence-corrected chi connectivity index (χ1v) is 6.56. The van der Waals surface area contributed by atoms with Crippen LogP contribution in [-0.4, -0.2) is 0 Å². The van der Waals surface area contributed by atoms with Crippen LogP contribution in [0.2, 0.25) is 0 Å². The Morgan fingerprint density at radius 2 is 1.31 bits per heavy atom. The summed E-state index contributed by atoms with van der Waals surface area (Å²) in [5, 5.41) is 0. The molecule has 3 rings (SSSR count). The van der Waals surface area contributed by atoms with E-state index in [1.165, 1.54) is 11.1 Å². The van der Waals surface area contributed by atoms with Crippen LogP contribution in [-0.2, 0) is 6.42 Å². The van der Waals surface area contributed by atoms with Gasteiger partial charge in [0.2, 0.25) is 0 Å². The highest BCUT2D eigenvalue weighted by Gasteiger charge is 2.16. The molecule has 1 aliphatic heterocycles. The number of hydrogen-bond acceptors (Lipinski definition) is 1. The molecule has 0 N–H and O–H groups in total. The lowest BCUT2D eigenvalue weighted by atomic mass is 10.0. The number of halogens is 2. The van der Waals surface area contributed by atoms with Gasteiger partial charge in [0, 0.05) is 26.5 Å². The van der Waals surface area contributed by atoms with Crippen LogP contribution < -0.4 is 4.74 Å². The van der Waals surface area contributed by atoms with E-state index in [2.05, 4.69) is 44.0 Å². The molecule has 3 heteroatoms. The van der Waals surface area contributed by atoms with Crippen molar-refractivity contribution in [2.75, 3.05) is 0 Å². The van der Waals surface area contributed by atoms with Gasteiger partial charge in [0.05, 0.1) is 0 Å². The smallest absolute Gasteiger partial charge is 0.131 e. The highest BCUT2D eigenvalue weighted by atomic mass is 79.9. The molecule has 2 aromatic carbocycles. The van der Waals surface area contributed by atoms with Crippen molar-refractivity contribution in [3.05, 3.63) is 56.5 Å². The average Bonchev–Trinajstić information content (AvgIpc) is 2.26. The third kappa shape index (κ3) is 1.78. The van der Waals surface area contributed by atoms with Crippen LogP contribution in [0, 0.1) is 0 Å². The molecule has 0 saturated heterocycles. The first kappa shape index (κ1) is 10.4. The largest absolute Gasteiger partial charge is 0.457 e. The van der Waals surface area contributed by atoms with Crippen molar-refractivity contribution >= 4 is 31.9 Å². The molecule has 0 aliphatic carbocycles. The summed E-state index contributed by atoms with van der Waals surface area (Å²) in [6.07, 6.45) is 0.920. The van der Waals surface area contributed by atoms with Crippen LogP contribution in [0.1, 0.15) is 11.1 Å².